The van der Waals surface area contributed by atoms with Crippen molar-refractivity contribution < 1.29 is 19.1 Å². The van der Waals surface area contributed by atoms with Gasteiger partial charge in [0, 0.05) is 4.47 Å². The molecule has 0 unspecified atom stereocenters. The summed E-state index contributed by atoms with van der Waals surface area (Å²) in [5, 5.41) is 0. The predicted octanol–water partition coefficient (Wildman–Crippen LogP) is 5.92. The van der Waals surface area contributed by atoms with Gasteiger partial charge in [0.15, 0.2) is 11.6 Å². The number of Topliss-reactive ketones (excluding diaryl/α,β-unsaturated/α-hetero) is 2. The van der Waals surface area contributed by atoms with Gasteiger partial charge in [-0.05, 0) is 88.1 Å². The molecule has 0 aliphatic carbocycles. The Balaban J connectivity index is 2.05. The van der Waals surface area contributed by atoms with Crippen LogP contribution in [0.3, 0.4) is 0 Å². The van der Waals surface area contributed by atoms with Gasteiger partial charge in [-0.2, -0.15) is 0 Å². The minimum atomic E-state index is -1.03. The fraction of sp³-hybridized carbons (Fsp3) is 0.417. The smallest absolute Gasteiger partial charge is 0.179 e. The van der Waals surface area contributed by atoms with Crippen molar-refractivity contribution in [2.24, 2.45) is 0 Å². The summed E-state index contributed by atoms with van der Waals surface area (Å²) in [6.07, 6.45) is 0.714. The second kappa shape index (κ2) is 7.69. The van der Waals surface area contributed by atoms with Gasteiger partial charge >= 0.3 is 0 Å². The lowest BCUT2D eigenvalue weighted by Crippen LogP contribution is -2.58. The Labute approximate surface area is 180 Å². The topological polar surface area (TPSA) is 52.6 Å². The van der Waals surface area contributed by atoms with E-state index in [4.69, 9.17) is 9.47 Å². The molecule has 0 atom stereocenters. The van der Waals surface area contributed by atoms with Gasteiger partial charge in [0.25, 0.3) is 0 Å². The van der Waals surface area contributed by atoms with E-state index in [9.17, 15) is 9.59 Å². The van der Waals surface area contributed by atoms with Crippen LogP contribution in [0.15, 0.2) is 40.9 Å². The molecule has 0 saturated carbocycles. The minimum Gasteiger partial charge on any atom is -0.457 e. The van der Waals surface area contributed by atoms with Crippen LogP contribution in [-0.2, 0) is 20.7 Å². The van der Waals surface area contributed by atoms with E-state index in [2.05, 4.69) is 15.9 Å². The van der Waals surface area contributed by atoms with E-state index in [1.807, 2.05) is 50.2 Å². The van der Waals surface area contributed by atoms with Gasteiger partial charge in [0.2, 0.25) is 0 Å². The second-order valence-corrected chi connectivity index (χ2v) is 9.37. The summed E-state index contributed by atoms with van der Waals surface area (Å²) in [6.45, 7) is 10.9. The molecule has 1 aliphatic rings. The fourth-order valence-electron chi connectivity index (χ4n) is 3.88. The molecule has 1 saturated heterocycles. The third-order valence-electron chi connectivity index (χ3n) is 5.40. The molecule has 0 spiro atoms. The van der Waals surface area contributed by atoms with Crippen LogP contribution in [0, 0.1) is 6.92 Å². The molecule has 1 aliphatic heterocycles. The predicted molar refractivity (Wildman–Crippen MR) is 117 cm³/mol. The number of rotatable bonds is 4. The van der Waals surface area contributed by atoms with Gasteiger partial charge in [0.05, 0.1) is 0 Å². The van der Waals surface area contributed by atoms with Crippen LogP contribution in [0.5, 0.6) is 11.5 Å². The van der Waals surface area contributed by atoms with Gasteiger partial charge in [-0.25, -0.2) is 0 Å². The molecular formula is C24H27BrO4. The van der Waals surface area contributed by atoms with E-state index >= 15 is 0 Å². The van der Waals surface area contributed by atoms with E-state index in [0.29, 0.717) is 23.5 Å². The number of carbonyl (C=O) groups is 2. The molecule has 3 rings (SSSR count). The molecule has 1 fully saturated rings. The Bertz CT molecular complexity index is 949. The van der Waals surface area contributed by atoms with Crippen molar-refractivity contribution in [1.29, 1.82) is 0 Å². The summed E-state index contributed by atoms with van der Waals surface area (Å²) in [7, 11) is 0. The molecular weight excluding hydrogens is 432 g/mol. The monoisotopic (exact) mass is 458 g/mol. The van der Waals surface area contributed by atoms with Crippen molar-refractivity contribution >= 4 is 27.5 Å². The van der Waals surface area contributed by atoms with Gasteiger partial charge < -0.3 is 9.47 Å². The number of hydrogen-bond acceptors (Lipinski definition) is 4. The zero-order chi connectivity index (χ0) is 21.6. The first-order valence-electron chi connectivity index (χ1n) is 9.82. The van der Waals surface area contributed by atoms with E-state index in [0.717, 1.165) is 15.6 Å². The molecule has 0 radical (unpaired) electrons. The van der Waals surface area contributed by atoms with Crippen LogP contribution in [-0.4, -0.2) is 22.8 Å². The van der Waals surface area contributed by atoms with E-state index in [1.54, 1.807) is 27.7 Å². The van der Waals surface area contributed by atoms with Crippen molar-refractivity contribution in [3.63, 3.8) is 0 Å². The van der Waals surface area contributed by atoms with E-state index < -0.39 is 17.1 Å². The number of halogens is 1. The molecule has 29 heavy (non-hydrogen) atoms. The normalized spacial score (nSPS) is 18.7. The maximum absolute atomic E-state index is 13.2. The summed E-state index contributed by atoms with van der Waals surface area (Å²) < 4.78 is 12.9. The zero-order valence-corrected chi connectivity index (χ0v) is 19.3. The lowest BCUT2D eigenvalue weighted by Gasteiger charge is -2.43. The molecule has 5 heteroatoms. The zero-order valence-electron chi connectivity index (χ0n) is 17.8. The molecule has 2 aromatic carbocycles. The van der Waals surface area contributed by atoms with Crippen molar-refractivity contribution in [2.75, 3.05) is 0 Å². The number of ketones is 2. The molecule has 4 nitrogen and oxygen atoms in total. The fourth-order valence-corrected chi connectivity index (χ4v) is 4.13. The largest absolute Gasteiger partial charge is 0.457 e. The molecule has 154 valence electrons. The average Bonchev–Trinajstić information content (AvgIpc) is 2.63. The molecule has 0 aromatic heterocycles. The summed E-state index contributed by atoms with van der Waals surface area (Å²) in [5.74, 6) is 0.00745. The quantitative estimate of drug-likeness (QED) is 0.533. The highest BCUT2D eigenvalue weighted by atomic mass is 79.9. The highest BCUT2D eigenvalue weighted by Gasteiger charge is 2.53. The van der Waals surface area contributed by atoms with Crippen molar-refractivity contribution in [3.8, 4) is 11.5 Å². The van der Waals surface area contributed by atoms with Crippen LogP contribution in [0.4, 0.5) is 0 Å². The highest BCUT2D eigenvalue weighted by molar-refractivity contribution is 9.10. The molecule has 0 amide bonds. The third-order valence-corrected chi connectivity index (χ3v) is 6.29. The van der Waals surface area contributed by atoms with Crippen LogP contribution >= 0.6 is 15.9 Å². The first-order valence-corrected chi connectivity index (χ1v) is 10.6. The van der Waals surface area contributed by atoms with Crippen LogP contribution < -0.4 is 4.74 Å². The van der Waals surface area contributed by atoms with Crippen LogP contribution in [0.1, 0.15) is 57.2 Å². The molecule has 1 heterocycles. The number of carbonyl (C=O) groups excluding carboxylic acids is 2. The lowest BCUT2D eigenvalue weighted by molar-refractivity contribution is -0.184. The Hall–Kier alpha value is -1.98. The van der Waals surface area contributed by atoms with E-state index in [-0.39, 0.29) is 11.6 Å². The van der Waals surface area contributed by atoms with Crippen molar-refractivity contribution in [3.05, 3.63) is 57.6 Å². The highest BCUT2D eigenvalue weighted by Crippen LogP contribution is 2.41. The van der Waals surface area contributed by atoms with Gasteiger partial charge in [-0.1, -0.05) is 28.9 Å². The lowest BCUT2D eigenvalue weighted by atomic mass is 9.73. The average molecular weight is 459 g/mol. The maximum Gasteiger partial charge on any atom is 0.179 e. The summed E-state index contributed by atoms with van der Waals surface area (Å²) >= 11 is 3.49. The van der Waals surface area contributed by atoms with E-state index in [1.165, 1.54) is 0 Å². The summed E-state index contributed by atoms with van der Waals surface area (Å²) in [6, 6.07) is 11.4. The van der Waals surface area contributed by atoms with Crippen molar-refractivity contribution in [2.45, 2.75) is 65.1 Å². The Morgan fingerprint density at radius 2 is 1.52 bits per heavy atom. The van der Waals surface area contributed by atoms with Gasteiger partial charge in [0.1, 0.15) is 28.6 Å². The first kappa shape index (κ1) is 21.7. The number of ether oxygens (including phenoxy) is 2. The molecule has 2 aromatic rings. The van der Waals surface area contributed by atoms with Crippen LogP contribution in [0.25, 0.3) is 0 Å². The van der Waals surface area contributed by atoms with Gasteiger partial charge in [-0.15, -0.1) is 0 Å². The molecule has 0 bridgehead atoms. The first-order chi connectivity index (χ1) is 13.5. The standard InChI is InChI=1S/C24H27BrO4/c1-7-15-8-9-17(28-16-10-11-19(25)14(2)12-16)13-18(15)20-21(26)23(3,4)29-24(5,6)22(20)27/h8-13,20H,7H2,1-6H3. The Morgan fingerprint density at radius 1 is 0.966 bits per heavy atom. The number of benzene rings is 2. The number of hydrogen-bond donors (Lipinski definition) is 0. The SMILES string of the molecule is CCc1ccc(Oc2ccc(Br)c(C)c2)cc1C1C(=O)C(C)(C)OC(C)(C)C1=O. The molecule has 0 N–H and O–H groups in total. The number of aryl methyl sites for hydroxylation is 2. The summed E-state index contributed by atoms with van der Waals surface area (Å²) in [4.78, 5) is 26.3. The van der Waals surface area contributed by atoms with Crippen molar-refractivity contribution in [1.82, 2.24) is 0 Å². The maximum atomic E-state index is 13.2. The Morgan fingerprint density at radius 3 is 2.07 bits per heavy atom. The van der Waals surface area contributed by atoms with Crippen LogP contribution in [0.2, 0.25) is 0 Å². The van der Waals surface area contributed by atoms with Gasteiger partial charge in [-0.3, -0.25) is 9.59 Å². The second-order valence-electron chi connectivity index (χ2n) is 8.51. The Kier molecular flexibility index (Phi) is 5.76. The minimum absolute atomic E-state index is 0.215. The summed E-state index contributed by atoms with van der Waals surface area (Å²) in [5.41, 5.74) is 0.661. The third kappa shape index (κ3) is 4.17.